The Morgan fingerprint density at radius 1 is 1.33 bits per heavy atom. The molecule has 1 saturated heterocycles. The average molecular weight is 326 g/mol. The topological polar surface area (TPSA) is 62.7 Å². The Morgan fingerprint density at radius 3 is 2.71 bits per heavy atom. The fourth-order valence-electron chi connectivity index (χ4n) is 3.37. The third-order valence-electron chi connectivity index (χ3n) is 4.75. The summed E-state index contributed by atoms with van der Waals surface area (Å²) in [6, 6.07) is 10.6. The van der Waals surface area contributed by atoms with Gasteiger partial charge in [-0.1, -0.05) is 12.1 Å². The first-order valence-electron chi connectivity index (χ1n) is 8.12. The summed E-state index contributed by atoms with van der Waals surface area (Å²) in [5.41, 5.74) is 0.204. The van der Waals surface area contributed by atoms with Crippen LogP contribution in [0.2, 0.25) is 0 Å². The average Bonchev–Trinajstić information content (AvgIpc) is 3.12. The van der Waals surface area contributed by atoms with Crippen molar-refractivity contribution in [1.29, 1.82) is 0 Å². The van der Waals surface area contributed by atoms with Gasteiger partial charge in [-0.25, -0.2) is 0 Å². The van der Waals surface area contributed by atoms with Gasteiger partial charge < -0.3 is 14.7 Å². The molecule has 0 spiro atoms. The number of pyridine rings is 1. The number of hydrogen-bond acceptors (Lipinski definition) is 4. The van der Waals surface area contributed by atoms with Crippen LogP contribution in [0.5, 0.6) is 5.75 Å². The highest BCUT2D eigenvalue weighted by Crippen LogP contribution is 2.36. The van der Waals surface area contributed by atoms with Crippen molar-refractivity contribution >= 4 is 5.91 Å². The summed E-state index contributed by atoms with van der Waals surface area (Å²) in [7, 11) is 1.61. The van der Waals surface area contributed by atoms with Crippen LogP contribution in [-0.2, 0) is 5.60 Å². The number of methoxy groups -OCH3 is 1. The third-order valence-corrected chi connectivity index (χ3v) is 4.75. The predicted molar refractivity (Wildman–Crippen MR) is 90.9 cm³/mol. The maximum Gasteiger partial charge on any atom is 0.255 e. The van der Waals surface area contributed by atoms with Crippen LogP contribution < -0.4 is 4.74 Å². The molecular formula is C19H22N2O3. The zero-order valence-corrected chi connectivity index (χ0v) is 14.0. The van der Waals surface area contributed by atoms with Gasteiger partial charge in [-0.3, -0.25) is 9.78 Å². The molecule has 3 rings (SSSR count). The first-order chi connectivity index (χ1) is 11.5. The van der Waals surface area contributed by atoms with Gasteiger partial charge in [-0.2, -0.15) is 0 Å². The fourth-order valence-corrected chi connectivity index (χ4v) is 3.37. The van der Waals surface area contributed by atoms with E-state index in [1.165, 1.54) is 0 Å². The number of nitrogens with zero attached hydrogens (tertiary/aromatic N) is 2. The van der Waals surface area contributed by atoms with E-state index in [1.807, 2.05) is 24.3 Å². The number of aromatic nitrogens is 1. The second-order valence-corrected chi connectivity index (χ2v) is 6.27. The predicted octanol–water partition coefficient (Wildman–Crippen LogP) is 2.60. The van der Waals surface area contributed by atoms with Gasteiger partial charge in [0, 0.05) is 18.9 Å². The molecule has 1 aliphatic heterocycles. The van der Waals surface area contributed by atoms with Crippen molar-refractivity contribution in [2.75, 3.05) is 13.7 Å². The molecule has 2 heterocycles. The van der Waals surface area contributed by atoms with E-state index in [9.17, 15) is 9.90 Å². The summed E-state index contributed by atoms with van der Waals surface area (Å²) in [4.78, 5) is 18.6. The van der Waals surface area contributed by atoms with E-state index in [0.29, 0.717) is 12.1 Å². The smallest absolute Gasteiger partial charge is 0.255 e. The number of aliphatic hydroxyl groups is 1. The van der Waals surface area contributed by atoms with Crippen molar-refractivity contribution < 1.29 is 14.6 Å². The quantitative estimate of drug-likeness (QED) is 0.938. The number of ether oxygens (including phenoxy) is 1. The van der Waals surface area contributed by atoms with Crippen molar-refractivity contribution in [3.8, 4) is 5.75 Å². The molecule has 1 aliphatic rings. The van der Waals surface area contributed by atoms with E-state index in [4.69, 9.17) is 4.74 Å². The second kappa shape index (κ2) is 6.61. The van der Waals surface area contributed by atoms with Crippen molar-refractivity contribution in [2.24, 2.45) is 0 Å². The summed E-state index contributed by atoms with van der Waals surface area (Å²) in [5, 5.41) is 11.2. The van der Waals surface area contributed by atoms with Gasteiger partial charge in [0.15, 0.2) is 0 Å². The van der Waals surface area contributed by atoms with Crippen molar-refractivity contribution in [1.82, 2.24) is 9.88 Å². The first kappa shape index (κ1) is 16.5. The second-order valence-electron chi connectivity index (χ2n) is 6.27. The molecule has 0 aliphatic carbocycles. The van der Waals surface area contributed by atoms with Gasteiger partial charge >= 0.3 is 0 Å². The normalized spacial score (nSPS) is 19.8. The molecule has 24 heavy (non-hydrogen) atoms. The monoisotopic (exact) mass is 326 g/mol. The summed E-state index contributed by atoms with van der Waals surface area (Å²) in [5.74, 6) is 0.656. The lowest BCUT2D eigenvalue weighted by atomic mass is 9.86. The summed E-state index contributed by atoms with van der Waals surface area (Å²) in [6.07, 6.45) is 4.86. The SMILES string of the molecule is COc1ccc(C(C)(O)C2CCCN2C(=O)c2cccnc2)cc1. The molecule has 1 aromatic carbocycles. The molecule has 1 fully saturated rings. The molecule has 5 heteroatoms. The molecule has 5 nitrogen and oxygen atoms in total. The van der Waals surface area contributed by atoms with Crippen LogP contribution in [0.3, 0.4) is 0 Å². The lowest BCUT2D eigenvalue weighted by molar-refractivity contribution is -0.0177. The molecule has 0 saturated carbocycles. The van der Waals surface area contributed by atoms with E-state index in [0.717, 1.165) is 24.2 Å². The third kappa shape index (κ3) is 2.99. The van der Waals surface area contributed by atoms with Gasteiger partial charge in [0.05, 0.1) is 18.7 Å². The number of carbonyl (C=O) groups excluding carboxylic acids is 1. The molecule has 1 N–H and O–H groups in total. The zero-order chi connectivity index (χ0) is 17.2. The Balaban J connectivity index is 1.87. The lowest BCUT2D eigenvalue weighted by Gasteiger charge is -2.37. The van der Waals surface area contributed by atoms with Crippen molar-refractivity contribution in [2.45, 2.75) is 31.4 Å². The van der Waals surface area contributed by atoms with Crippen molar-refractivity contribution in [3.05, 3.63) is 59.9 Å². The molecule has 2 unspecified atom stereocenters. The Labute approximate surface area is 141 Å². The van der Waals surface area contributed by atoms with E-state index in [1.54, 1.807) is 43.5 Å². The van der Waals surface area contributed by atoms with E-state index in [2.05, 4.69) is 4.98 Å². The van der Waals surface area contributed by atoms with Gasteiger partial charge in [-0.15, -0.1) is 0 Å². The van der Waals surface area contributed by atoms with Gasteiger partial charge in [-0.05, 0) is 49.6 Å². The van der Waals surface area contributed by atoms with Crippen LogP contribution in [0.1, 0.15) is 35.7 Å². The minimum atomic E-state index is -1.12. The van der Waals surface area contributed by atoms with Crippen LogP contribution in [0.4, 0.5) is 0 Å². The minimum absolute atomic E-state index is 0.0839. The molecule has 1 aromatic heterocycles. The van der Waals surface area contributed by atoms with Crippen molar-refractivity contribution in [3.63, 3.8) is 0 Å². The van der Waals surface area contributed by atoms with E-state index >= 15 is 0 Å². The zero-order valence-electron chi connectivity index (χ0n) is 14.0. The Kier molecular flexibility index (Phi) is 4.53. The Hall–Kier alpha value is -2.40. The van der Waals surface area contributed by atoms with Gasteiger partial charge in [0.25, 0.3) is 5.91 Å². The van der Waals surface area contributed by atoms with Crippen LogP contribution >= 0.6 is 0 Å². The molecule has 0 bridgehead atoms. The first-order valence-corrected chi connectivity index (χ1v) is 8.12. The number of hydrogen-bond donors (Lipinski definition) is 1. The summed E-state index contributed by atoms with van der Waals surface area (Å²) < 4.78 is 5.17. The molecule has 0 radical (unpaired) electrons. The number of amides is 1. The van der Waals surface area contributed by atoms with Crippen LogP contribution in [0, 0.1) is 0 Å². The Morgan fingerprint density at radius 2 is 2.08 bits per heavy atom. The number of rotatable bonds is 4. The molecule has 2 aromatic rings. The van der Waals surface area contributed by atoms with Crippen LogP contribution in [-0.4, -0.2) is 40.6 Å². The molecule has 2 atom stereocenters. The fraction of sp³-hybridized carbons (Fsp3) is 0.368. The lowest BCUT2D eigenvalue weighted by Crippen LogP contribution is -2.48. The maximum absolute atomic E-state index is 12.8. The number of carbonyl (C=O) groups is 1. The highest BCUT2D eigenvalue weighted by Gasteiger charge is 2.42. The standard InChI is InChI=1S/C19H22N2O3/c1-19(23,15-7-9-16(24-2)10-8-15)17-6-4-12-21(17)18(22)14-5-3-11-20-13-14/h3,5,7-11,13,17,23H,4,6,12H2,1-2H3. The highest BCUT2D eigenvalue weighted by atomic mass is 16.5. The van der Waals surface area contributed by atoms with Gasteiger partial charge in [0.2, 0.25) is 0 Å². The molecule has 126 valence electrons. The summed E-state index contributed by atoms with van der Waals surface area (Å²) >= 11 is 0. The molecule has 1 amide bonds. The number of likely N-dealkylation sites (tertiary alicyclic amines) is 1. The largest absolute Gasteiger partial charge is 0.497 e. The Bertz CT molecular complexity index is 698. The summed E-state index contributed by atoms with van der Waals surface area (Å²) in [6.45, 7) is 2.42. The highest BCUT2D eigenvalue weighted by molar-refractivity contribution is 5.94. The van der Waals surface area contributed by atoms with E-state index < -0.39 is 5.60 Å². The van der Waals surface area contributed by atoms with E-state index in [-0.39, 0.29) is 11.9 Å². The van der Waals surface area contributed by atoms with Crippen LogP contribution in [0.15, 0.2) is 48.8 Å². The molecular weight excluding hydrogens is 304 g/mol. The number of benzene rings is 1. The van der Waals surface area contributed by atoms with Gasteiger partial charge in [0.1, 0.15) is 11.4 Å². The minimum Gasteiger partial charge on any atom is -0.497 e. The van der Waals surface area contributed by atoms with Crippen LogP contribution in [0.25, 0.3) is 0 Å². The maximum atomic E-state index is 12.8.